The molecule has 0 heterocycles. The van der Waals surface area contributed by atoms with E-state index >= 15 is 0 Å². The minimum absolute atomic E-state index is 0. The van der Waals surface area contributed by atoms with Crippen molar-refractivity contribution in [2.75, 3.05) is 21.1 Å². The zero-order valence-electron chi connectivity index (χ0n) is 20.3. The first-order chi connectivity index (χ1) is 16.6. The Labute approximate surface area is 224 Å². The van der Waals surface area contributed by atoms with Gasteiger partial charge < -0.3 is 4.90 Å². The Hall–Kier alpha value is -2.27. The fourth-order valence-corrected chi connectivity index (χ4v) is 5.47. The molecule has 0 aliphatic carbocycles. The van der Waals surface area contributed by atoms with Gasteiger partial charge in [-0.1, -0.05) is 60.7 Å². The van der Waals surface area contributed by atoms with Crippen LogP contribution >= 0.6 is 0 Å². The van der Waals surface area contributed by atoms with Crippen LogP contribution in [-0.4, -0.2) is 38.8 Å². The molecule has 0 aliphatic rings. The number of rotatable bonds is 7. The van der Waals surface area contributed by atoms with Crippen molar-refractivity contribution in [3.63, 3.8) is 0 Å². The van der Waals surface area contributed by atoms with Gasteiger partial charge in [0.05, 0.1) is 28.1 Å². The van der Waals surface area contributed by atoms with Crippen LogP contribution in [0.3, 0.4) is 0 Å². The number of benzene rings is 3. The first-order valence-corrected chi connectivity index (χ1v) is 12.1. The molecule has 3 rings (SSSR count). The van der Waals surface area contributed by atoms with E-state index in [-0.39, 0.29) is 37.7 Å². The molecule has 0 amide bonds. The third-order valence-electron chi connectivity index (χ3n) is 5.77. The molecule has 3 aromatic rings. The number of likely N-dealkylation sites (N-methyl/N-ethyl adjacent to an activating group) is 2. The van der Waals surface area contributed by atoms with E-state index in [1.54, 1.807) is 79.7 Å². The van der Waals surface area contributed by atoms with Crippen molar-refractivity contribution in [1.29, 1.82) is 0 Å². The summed E-state index contributed by atoms with van der Waals surface area (Å²) in [7, 11) is -0.262. The van der Waals surface area contributed by atoms with Crippen molar-refractivity contribution in [3.05, 3.63) is 101 Å². The van der Waals surface area contributed by atoms with E-state index in [2.05, 4.69) is 0 Å². The predicted octanol–water partition coefficient (Wildman–Crippen LogP) is 6.39. The monoisotopic (exact) mass is 594 g/mol. The van der Waals surface area contributed by atoms with E-state index in [0.717, 1.165) is 11.4 Å². The summed E-state index contributed by atoms with van der Waals surface area (Å²) >= 11 is 0. The SMILES string of the molecule is CN(C)[C@H](c1ccccc1)[C@@H](c1ccccc1)N(C)S(=O)(=O)c1cc(C(F)(F)F)cc(C(F)(F)F)c1.[Zn+2]. The van der Waals surface area contributed by atoms with Crippen molar-refractivity contribution < 1.29 is 54.2 Å². The van der Waals surface area contributed by atoms with Gasteiger partial charge in [-0.3, -0.25) is 0 Å². The molecular formula is C25H24F6N2O2SZn+2. The second-order valence-electron chi connectivity index (χ2n) is 8.44. The molecule has 0 aromatic heterocycles. The zero-order chi connectivity index (χ0) is 26.9. The number of halogens is 6. The number of hydrogen-bond donors (Lipinski definition) is 0. The van der Waals surface area contributed by atoms with E-state index in [4.69, 9.17) is 0 Å². The van der Waals surface area contributed by atoms with E-state index in [0.29, 0.717) is 11.1 Å². The van der Waals surface area contributed by atoms with Gasteiger partial charge in [-0.15, -0.1) is 0 Å². The van der Waals surface area contributed by atoms with E-state index < -0.39 is 50.5 Å². The number of hydrogen-bond acceptors (Lipinski definition) is 3. The van der Waals surface area contributed by atoms with Gasteiger partial charge in [-0.05, 0) is 43.4 Å². The molecule has 0 unspecified atom stereocenters. The molecule has 0 saturated carbocycles. The average Bonchev–Trinajstić information content (AvgIpc) is 2.81. The summed E-state index contributed by atoms with van der Waals surface area (Å²) in [5.74, 6) is 0. The molecule has 0 saturated heterocycles. The van der Waals surface area contributed by atoms with Gasteiger partial charge in [-0.2, -0.15) is 30.6 Å². The van der Waals surface area contributed by atoms with Crippen LogP contribution < -0.4 is 0 Å². The molecule has 0 spiro atoms. The fraction of sp³-hybridized carbons (Fsp3) is 0.280. The van der Waals surface area contributed by atoms with Gasteiger partial charge in [0.25, 0.3) is 0 Å². The molecule has 12 heteroatoms. The standard InChI is InChI=1S/C25H24F6N2O2S.Zn/c1-32(2)22(17-10-6-4-7-11-17)23(18-12-8-5-9-13-18)33(3)36(34,35)21-15-19(24(26,27)28)14-20(16-21)25(29,30)31;/h4-16,22-23H,1-3H3;/q;+2/t22-,23-;/m1./s1. The molecule has 2 atom stereocenters. The van der Waals surface area contributed by atoms with Crippen molar-refractivity contribution in [3.8, 4) is 0 Å². The molecule has 3 aromatic carbocycles. The van der Waals surface area contributed by atoms with Crippen LogP contribution in [0.5, 0.6) is 0 Å². The van der Waals surface area contributed by atoms with Gasteiger partial charge in [-0.25, -0.2) is 8.42 Å². The van der Waals surface area contributed by atoms with Crippen LogP contribution in [0.4, 0.5) is 26.3 Å². The summed E-state index contributed by atoms with van der Waals surface area (Å²) in [4.78, 5) is 0.644. The average molecular weight is 596 g/mol. The van der Waals surface area contributed by atoms with Crippen LogP contribution in [0.15, 0.2) is 83.8 Å². The summed E-state index contributed by atoms with van der Waals surface area (Å²) in [5.41, 5.74) is -2.19. The van der Waals surface area contributed by atoms with Crippen molar-refractivity contribution in [2.24, 2.45) is 0 Å². The molecule has 37 heavy (non-hydrogen) atoms. The third kappa shape index (κ3) is 6.99. The maximum atomic E-state index is 13.6. The predicted molar refractivity (Wildman–Crippen MR) is 123 cm³/mol. The third-order valence-corrected chi connectivity index (χ3v) is 7.58. The minimum atomic E-state index is -5.18. The first kappa shape index (κ1) is 31.0. The number of nitrogens with zero attached hydrogens (tertiary/aromatic N) is 2. The van der Waals surface area contributed by atoms with E-state index in [9.17, 15) is 34.8 Å². The molecule has 0 N–H and O–H groups in total. The molecule has 0 fully saturated rings. The summed E-state index contributed by atoms with van der Waals surface area (Å²) in [6, 6.07) is 16.0. The second-order valence-corrected chi connectivity index (χ2v) is 10.4. The normalized spacial score (nSPS) is 14.4. The largest absolute Gasteiger partial charge is 2.00 e. The van der Waals surface area contributed by atoms with Crippen molar-refractivity contribution in [1.82, 2.24) is 9.21 Å². The second kappa shape index (κ2) is 11.6. The van der Waals surface area contributed by atoms with Crippen LogP contribution in [0.2, 0.25) is 0 Å². The fourth-order valence-electron chi connectivity index (χ4n) is 4.05. The summed E-state index contributed by atoms with van der Waals surface area (Å²) in [5, 5.41) is 0. The molecule has 4 nitrogen and oxygen atoms in total. The van der Waals surface area contributed by atoms with Gasteiger partial charge >= 0.3 is 31.8 Å². The van der Waals surface area contributed by atoms with Crippen molar-refractivity contribution >= 4 is 10.0 Å². The Morgan fingerprint density at radius 3 is 1.38 bits per heavy atom. The van der Waals surface area contributed by atoms with Crippen LogP contribution in [0.25, 0.3) is 0 Å². The zero-order valence-corrected chi connectivity index (χ0v) is 24.0. The minimum Gasteiger partial charge on any atom is -0.301 e. The first-order valence-electron chi connectivity index (χ1n) is 10.7. The van der Waals surface area contributed by atoms with E-state index in [1.165, 1.54) is 0 Å². The van der Waals surface area contributed by atoms with Crippen molar-refractivity contribution in [2.45, 2.75) is 29.3 Å². The van der Waals surface area contributed by atoms with Gasteiger partial charge in [0.1, 0.15) is 0 Å². The smallest absolute Gasteiger partial charge is 0.301 e. The summed E-state index contributed by atoms with van der Waals surface area (Å²) < 4.78 is 109. The number of sulfonamides is 1. The quantitative estimate of drug-likeness (QED) is 0.235. The number of alkyl halides is 6. The maximum absolute atomic E-state index is 13.6. The Kier molecular flexibility index (Phi) is 9.73. The van der Waals surface area contributed by atoms with Crippen LogP contribution in [0, 0.1) is 0 Å². The van der Waals surface area contributed by atoms with Crippen LogP contribution in [0.1, 0.15) is 34.3 Å². The Balaban J connectivity index is 0.00000481. The van der Waals surface area contributed by atoms with Gasteiger partial charge in [0.2, 0.25) is 10.0 Å². The maximum Gasteiger partial charge on any atom is 2.00 e. The summed E-state index contributed by atoms with van der Waals surface area (Å²) in [6.45, 7) is 0. The van der Waals surface area contributed by atoms with Gasteiger partial charge in [0.15, 0.2) is 0 Å². The Morgan fingerprint density at radius 2 is 1.03 bits per heavy atom. The topological polar surface area (TPSA) is 40.6 Å². The van der Waals surface area contributed by atoms with E-state index in [1.807, 2.05) is 0 Å². The molecule has 0 bridgehead atoms. The summed E-state index contributed by atoms with van der Waals surface area (Å²) in [6.07, 6.45) is -10.4. The molecular weight excluding hydrogens is 572 g/mol. The molecule has 0 aliphatic heterocycles. The molecule has 194 valence electrons. The van der Waals surface area contributed by atoms with Gasteiger partial charge in [0, 0.05) is 7.05 Å². The Bertz CT molecular complexity index is 1250. The molecule has 0 radical (unpaired) electrons. The van der Waals surface area contributed by atoms with Crippen LogP contribution in [-0.2, 0) is 41.9 Å². The Morgan fingerprint density at radius 1 is 0.649 bits per heavy atom.